The quantitative estimate of drug-likeness (QED) is 0.756. The summed E-state index contributed by atoms with van der Waals surface area (Å²) >= 11 is 0. The number of sulfonamides is 1. The lowest BCUT2D eigenvalue weighted by molar-refractivity contribution is 0.178. The average Bonchev–Trinajstić information content (AvgIpc) is 3.05. The summed E-state index contributed by atoms with van der Waals surface area (Å²) < 4.78 is 27.0. The number of fused-ring (bicyclic) bond motifs is 1. The maximum absolute atomic E-state index is 12.7. The molecule has 0 radical (unpaired) electrons. The van der Waals surface area contributed by atoms with Crippen LogP contribution in [0.2, 0.25) is 0 Å². The lowest BCUT2D eigenvalue weighted by atomic mass is 10.3. The second-order valence-corrected chi connectivity index (χ2v) is 8.45. The van der Waals surface area contributed by atoms with Crippen molar-refractivity contribution in [1.82, 2.24) is 24.2 Å². The Kier molecular flexibility index (Phi) is 4.47. The number of nitrogens with one attached hydrogen (secondary N) is 1. The fraction of sp³-hybridized carbons (Fsp3) is 0.333. The van der Waals surface area contributed by atoms with Crippen molar-refractivity contribution in [3.8, 4) is 0 Å². The molecule has 0 saturated carbocycles. The molecule has 1 saturated heterocycles. The van der Waals surface area contributed by atoms with Gasteiger partial charge in [0, 0.05) is 38.1 Å². The van der Waals surface area contributed by atoms with Gasteiger partial charge in [-0.3, -0.25) is 9.88 Å². The molecule has 0 bridgehead atoms. The minimum absolute atomic E-state index is 0.258. The van der Waals surface area contributed by atoms with Gasteiger partial charge in [0.15, 0.2) is 0 Å². The number of pyridine rings is 1. The minimum atomic E-state index is -3.47. The first kappa shape index (κ1) is 17.1. The molecular weight excluding hydrogens is 350 g/mol. The van der Waals surface area contributed by atoms with Crippen LogP contribution in [0.3, 0.4) is 0 Å². The summed E-state index contributed by atoms with van der Waals surface area (Å²) in [6.07, 6.45) is 1.44. The average molecular weight is 371 g/mol. The Morgan fingerprint density at radius 2 is 1.85 bits per heavy atom. The Morgan fingerprint density at radius 3 is 2.54 bits per heavy atom. The van der Waals surface area contributed by atoms with E-state index in [4.69, 9.17) is 0 Å². The molecule has 0 unspecified atom stereocenters. The van der Waals surface area contributed by atoms with Crippen LogP contribution in [0.1, 0.15) is 11.5 Å². The summed E-state index contributed by atoms with van der Waals surface area (Å²) in [5.74, 6) is 0.908. The maximum Gasteiger partial charge on any atom is 0.244 e. The number of piperazine rings is 1. The Bertz CT molecular complexity index is 972. The van der Waals surface area contributed by atoms with Crippen molar-refractivity contribution in [2.45, 2.75) is 18.4 Å². The van der Waals surface area contributed by atoms with Crippen LogP contribution in [0.25, 0.3) is 11.0 Å². The molecular formula is C18H21N5O2S. The van der Waals surface area contributed by atoms with E-state index in [2.05, 4.69) is 19.9 Å². The molecule has 0 amide bonds. The zero-order valence-corrected chi connectivity index (χ0v) is 15.4. The third kappa shape index (κ3) is 3.35. The van der Waals surface area contributed by atoms with E-state index in [9.17, 15) is 8.42 Å². The number of benzene rings is 1. The monoisotopic (exact) mass is 371 g/mol. The summed E-state index contributed by atoms with van der Waals surface area (Å²) in [4.78, 5) is 14.5. The molecule has 1 N–H and O–H groups in total. The Hall–Kier alpha value is -2.29. The molecule has 136 valence electrons. The maximum atomic E-state index is 12.7. The summed E-state index contributed by atoms with van der Waals surface area (Å²) in [5.41, 5.74) is 2.78. The zero-order chi connectivity index (χ0) is 18.1. The van der Waals surface area contributed by atoms with Crippen LogP contribution in [0.4, 0.5) is 0 Å². The highest BCUT2D eigenvalue weighted by Crippen LogP contribution is 2.18. The van der Waals surface area contributed by atoms with E-state index in [1.54, 1.807) is 12.1 Å². The lowest BCUT2D eigenvalue weighted by Gasteiger charge is -2.33. The van der Waals surface area contributed by atoms with Crippen LogP contribution in [0.5, 0.6) is 0 Å². The normalized spacial score (nSPS) is 17.0. The second-order valence-electron chi connectivity index (χ2n) is 6.52. The molecule has 26 heavy (non-hydrogen) atoms. The van der Waals surface area contributed by atoms with Gasteiger partial charge in [-0.2, -0.15) is 4.31 Å². The van der Waals surface area contributed by atoms with E-state index in [1.807, 2.05) is 31.2 Å². The molecule has 1 aromatic carbocycles. The molecule has 3 aromatic rings. The van der Waals surface area contributed by atoms with E-state index in [1.165, 1.54) is 10.5 Å². The molecule has 3 heterocycles. The third-order valence-corrected chi connectivity index (χ3v) is 6.55. The fourth-order valence-corrected chi connectivity index (χ4v) is 4.54. The SMILES string of the molecule is Cc1ccc(S(=O)(=O)N2CCN(Cc3nc4ccccc4[nH]3)CC2)cn1. The highest BCUT2D eigenvalue weighted by Gasteiger charge is 2.28. The first-order valence-corrected chi connectivity index (χ1v) is 10.1. The van der Waals surface area contributed by atoms with E-state index < -0.39 is 10.0 Å². The third-order valence-electron chi connectivity index (χ3n) is 4.67. The number of aromatic amines is 1. The molecule has 1 fully saturated rings. The van der Waals surface area contributed by atoms with Crippen molar-refractivity contribution in [2.75, 3.05) is 26.2 Å². The van der Waals surface area contributed by atoms with Gasteiger partial charge in [0.25, 0.3) is 0 Å². The van der Waals surface area contributed by atoms with Gasteiger partial charge in [-0.25, -0.2) is 13.4 Å². The van der Waals surface area contributed by atoms with Crippen molar-refractivity contribution in [1.29, 1.82) is 0 Å². The molecule has 2 aromatic heterocycles. The van der Waals surface area contributed by atoms with Gasteiger partial charge in [-0.05, 0) is 31.2 Å². The van der Waals surface area contributed by atoms with Gasteiger partial charge in [0.05, 0.1) is 17.6 Å². The molecule has 1 aliphatic heterocycles. The number of aromatic nitrogens is 3. The van der Waals surface area contributed by atoms with Gasteiger partial charge >= 0.3 is 0 Å². The summed E-state index contributed by atoms with van der Waals surface area (Å²) in [6.45, 7) is 4.82. The van der Waals surface area contributed by atoms with Crippen molar-refractivity contribution in [2.24, 2.45) is 0 Å². The summed E-state index contributed by atoms with van der Waals surface area (Å²) in [6, 6.07) is 11.3. The smallest absolute Gasteiger partial charge is 0.244 e. The second kappa shape index (κ2) is 6.79. The predicted octanol–water partition coefficient (Wildman–Crippen LogP) is 1.77. The highest BCUT2D eigenvalue weighted by atomic mass is 32.2. The van der Waals surface area contributed by atoms with Crippen LogP contribution < -0.4 is 0 Å². The van der Waals surface area contributed by atoms with E-state index >= 15 is 0 Å². The number of hydrogen-bond donors (Lipinski definition) is 1. The van der Waals surface area contributed by atoms with Crippen molar-refractivity contribution >= 4 is 21.1 Å². The minimum Gasteiger partial charge on any atom is -0.341 e. The molecule has 8 heteroatoms. The van der Waals surface area contributed by atoms with E-state index in [0.717, 1.165) is 22.6 Å². The van der Waals surface area contributed by atoms with Gasteiger partial charge in [-0.15, -0.1) is 0 Å². The fourth-order valence-electron chi connectivity index (χ4n) is 3.18. The number of imidazole rings is 1. The number of H-pyrrole nitrogens is 1. The Balaban J connectivity index is 1.41. The van der Waals surface area contributed by atoms with Gasteiger partial charge < -0.3 is 4.98 Å². The van der Waals surface area contributed by atoms with Crippen molar-refractivity contribution < 1.29 is 8.42 Å². The molecule has 4 rings (SSSR count). The van der Waals surface area contributed by atoms with Crippen LogP contribution in [-0.2, 0) is 16.6 Å². The van der Waals surface area contributed by atoms with E-state index in [0.29, 0.717) is 32.7 Å². The van der Waals surface area contributed by atoms with Gasteiger partial charge in [0.2, 0.25) is 10.0 Å². The topological polar surface area (TPSA) is 82.2 Å². The zero-order valence-electron chi connectivity index (χ0n) is 14.6. The molecule has 1 aliphatic rings. The number of hydrogen-bond acceptors (Lipinski definition) is 5. The molecule has 0 atom stereocenters. The number of nitrogens with zero attached hydrogens (tertiary/aromatic N) is 4. The largest absolute Gasteiger partial charge is 0.341 e. The number of aryl methyl sites for hydroxylation is 1. The van der Waals surface area contributed by atoms with E-state index in [-0.39, 0.29) is 4.90 Å². The standard InChI is InChI=1S/C18H21N5O2S/c1-14-6-7-15(12-19-14)26(24,25)23-10-8-22(9-11-23)13-18-20-16-4-2-3-5-17(16)21-18/h2-7,12H,8-11,13H2,1H3,(H,20,21). The van der Waals surface area contributed by atoms with Gasteiger partial charge in [0.1, 0.15) is 10.7 Å². The molecule has 0 spiro atoms. The number of para-hydroxylation sites is 2. The first-order chi connectivity index (χ1) is 12.5. The summed E-state index contributed by atoms with van der Waals surface area (Å²) in [5, 5.41) is 0. The first-order valence-electron chi connectivity index (χ1n) is 8.61. The Labute approximate surface area is 152 Å². The molecule has 0 aliphatic carbocycles. The number of rotatable bonds is 4. The van der Waals surface area contributed by atoms with Crippen molar-refractivity contribution in [3.63, 3.8) is 0 Å². The van der Waals surface area contributed by atoms with Crippen LogP contribution >= 0.6 is 0 Å². The molecule has 7 nitrogen and oxygen atoms in total. The van der Waals surface area contributed by atoms with Crippen LogP contribution in [0, 0.1) is 6.92 Å². The van der Waals surface area contributed by atoms with Crippen LogP contribution in [-0.4, -0.2) is 58.8 Å². The Morgan fingerprint density at radius 1 is 1.08 bits per heavy atom. The van der Waals surface area contributed by atoms with Crippen molar-refractivity contribution in [3.05, 3.63) is 54.1 Å². The lowest BCUT2D eigenvalue weighted by Crippen LogP contribution is -2.48. The highest BCUT2D eigenvalue weighted by molar-refractivity contribution is 7.89. The predicted molar refractivity (Wildman–Crippen MR) is 99.1 cm³/mol. The van der Waals surface area contributed by atoms with Gasteiger partial charge in [-0.1, -0.05) is 12.1 Å². The van der Waals surface area contributed by atoms with Crippen LogP contribution in [0.15, 0.2) is 47.5 Å². The summed E-state index contributed by atoms with van der Waals surface area (Å²) in [7, 11) is -3.47.